The van der Waals surface area contributed by atoms with Gasteiger partial charge in [0.15, 0.2) is 0 Å². The van der Waals surface area contributed by atoms with Crippen LogP contribution in [-0.4, -0.2) is 75.3 Å². The molecule has 3 aromatic rings. The van der Waals surface area contributed by atoms with Gasteiger partial charge in [-0.25, -0.2) is 4.79 Å². The number of hydrogen-bond acceptors (Lipinski definition) is 10. The Morgan fingerprint density at radius 3 is 2.62 bits per heavy atom. The number of aliphatic hydroxyl groups excluding tert-OH is 3. The second-order valence-electron chi connectivity index (χ2n) is 12.8. The topological polar surface area (TPSA) is 168 Å². The number of carbonyl (C=O) groups excluding carboxylic acids is 2. The van der Waals surface area contributed by atoms with E-state index < -0.39 is 36.1 Å². The summed E-state index contributed by atoms with van der Waals surface area (Å²) in [7, 11) is 0. The average molecular weight is 648 g/mol. The number of hydrogen-bond donors (Lipinski definition) is 5. The molecule has 1 saturated carbocycles. The first-order valence-corrected chi connectivity index (χ1v) is 16.0. The van der Waals surface area contributed by atoms with Crippen LogP contribution in [0.25, 0.3) is 16.5 Å². The Morgan fingerprint density at radius 2 is 1.91 bits per heavy atom. The average Bonchev–Trinajstić information content (AvgIpc) is 3.72. The molecule has 3 aliphatic rings. The number of allylic oxidation sites excluding steroid dienone is 3. The molecule has 47 heavy (non-hydrogen) atoms. The van der Waals surface area contributed by atoms with Crippen LogP contribution in [0.4, 0.5) is 0 Å². The van der Waals surface area contributed by atoms with E-state index in [1.54, 1.807) is 26.8 Å². The Balaban J connectivity index is 1.59. The van der Waals surface area contributed by atoms with E-state index in [0.29, 0.717) is 41.0 Å². The lowest BCUT2D eigenvalue weighted by atomic mass is 9.72. The van der Waals surface area contributed by atoms with Gasteiger partial charge in [-0.3, -0.25) is 4.79 Å². The van der Waals surface area contributed by atoms with Gasteiger partial charge in [0.1, 0.15) is 29.1 Å². The number of H-pyrrole nitrogens is 1. The van der Waals surface area contributed by atoms with Crippen LogP contribution in [0.15, 0.2) is 47.9 Å². The highest BCUT2D eigenvalue weighted by Crippen LogP contribution is 2.55. The smallest absolute Gasteiger partial charge is 0.374 e. The van der Waals surface area contributed by atoms with E-state index in [4.69, 9.17) is 18.9 Å². The third kappa shape index (κ3) is 6.04. The van der Waals surface area contributed by atoms with E-state index in [1.165, 1.54) is 0 Å². The maximum absolute atomic E-state index is 13.8. The third-order valence-electron chi connectivity index (χ3n) is 9.20. The normalized spacial score (nSPS) is 22.3. The second-order valence-corrected chi connectivity index (χ2v) is 12.8. The first kappa shape index (κ1) is 32.8. The lowest BCUT2D eigenvalue weighted by Gasteiger charge is -2.33. The van der Waals surface area contributed by atoms with E-state index >= 15 is 0 Å². The molecule has 11 heteroatoms. The fourth-order valence-corrected chi connectivity index (χ4v) is 6.77. The molecule has 0 amide bonds. The predicted octanol–water partition coefficient (Wildman–Crippen LogP) is 3.84. The number of ether oxygens (including phenoxy) is 4. The number of benzene rings is 2. The number of aliphatic hydroxyl groups is 4. The number of Topliss-reactive ketones (excluding diaryl/α,β-unsaturated/α-hetero) is 1. The third-order valence-corrected chi connectivity index (χ3v) is 9.20. The van der Waals surface area contributed by atoms with Gasteiger partial charge in [0.05, 0.1) is 43.2 Å². The molecule has 5 N–H and O–H groups in total. The van der Waals surface area contributed by atoms with E-state index in [9.17, 15) is 30.0 Å². The molecule has 2 aliphatic heterocycles. The SMILES string of the molecule is CCOC(=O)C1=CC(=C2CC(CO)C(=O)C(c3ccc4[nH]ccc4c3)C2)c2c(OCCCO)c3c(c(CO)c2O1)OC(C(C)(C)O)C3. The van der Waals surface area contributed by atoms with Crippen LogP contribution in [0.5, 0.6) is 17.2 Å². The number of fused-ring (bicyclic) bond motifs is 3. The van der Waals surface area contributed by atoms with Gasteiger partial charge in [0.2, 0.25) is 5.76 Å². The Morgan fingerprint density at radius 1 is 1.11 bits per heavy atom. The Bertz CT molecular complexity index is 1760. The summed E-state index contributed by atoms with van der Waals surface area (Å²) in [5, 5.41) is 42.5. The van der Waals surface area contributed by atoms with E-state index in [1.807, 2.05) is 30.5 Å². The van der Waals surface area contributed by atoms with Crippen molar-refractivity contribution in [2.75, 3.05) is 26.4 Å². The first-order chi connectivity index (χ1) is 22.6. The molecule has 3 unspecified atom stereocenters. The fourth-order valence-electron chi connectivity index (χ4n) is 6.77. The van der Waals surface area contributed by atoms with Gasteiger partial charge < -0.3 is 44.4 Å². The Hall–Kier alpha value is -4.16. The number of esters is 1. The van der Waals surface area contributed by atoms with Gasteiger partial charge in [0, 0.05) is 48.6 Å². The Labute approximate surface area is 272 Å². The van der Waals surface area contributed by atoms with Crippen LogP contribution in [-0.2, 0) is 27.4 Å². The highest BCUT2D eigenvalue weighted by molar-refractivity contribution is 5.99. The minimum absolute atomic E-state index is 0.0700. The summed E-state index contributed by atoms with van der Waals surface area (Å²) >= 11 is 0. The van der Waals surface area contributed by atoms with Gasteiger partial charge in [0.25, 0.3) is 0 Å². The Kier molecular flexibility index (Phi) is 9.17. The van der Waals surface area contributed by atoms with Crippen molar-refractivity contribution in [2.45, 2.75) is 70.7 Å². The minimum Gasteiger partial charge on any atom is -0.492 e. The van der Waals surface area contributed by atoms with Crippen LogP contribution in [0.3, 0.4) is 0 Å². The van der Waals surface area contributed by atoms with Crippen molar-refractivity contribution in [3.63, 3.8) is 0 Å². The quantitative estimate of drug-likeness (QED) is 0.161. The zero-order valence-corrected chi connectivity index (χ0v) is 26.8. The van der Waals surface area contributed by atoms with E-state index in [0.717, 1.165) is 22.0 Å². The maximum Gasteiger partial charge on any atom is 0.374 e. The number of ketones is 1. The number of aromatic nitrogens is 1. The van der Waals surface area contributed by atoms with Crippen molar-refractivity contribution >= 4 is 28.2 Å². The van der Waals surface area contributed by atoms with Crippen molar-refractivity contribution in [3.05, 3.63) is 70.1 Å². The van der Waals surface area contributed by atoms with Crippen molar-refractivity contribution in [1.82, 2.24) is 4.98 Å². The molecule has 1 fully saturated rings. The van der Waals surface area contributed by atoms with Crippen LogP contribution in [0.2, 0.25) is 0 Å². The molecule has 0 radical (unpaired) electrons. The standard InChI is InChI=1S/C36H41NO10/c1-4-44-35(42)28-15-23(21-13-22(17-39)31(41)24(14-21)19-6-7-27-20(12-19)8-9-37-27)30-33(45-11-5-10-38)25-16-29(36(2,3)43)47-32(25)26(18-40)34(30)46-28/h6-9,12,15,22,24,29,37-40,43H,4-5,10-11,13-14,16-18H2,1-3H3. The molecule has 3 heterocycles. The molecular weight excluding hydrogens is 606 g/mol. The number of aromatic amines is 1. The van der Waals surface area contributed by atoms with E-state index in [2.05, 4.69) is 4.98 Å². The zero-order valence-electron chi connectivity index (χ0n) is 26.8. The highest BCUT2D eigenvalue weighted by atomic mass is 16.6. The van der Waals surface area contributed by atoms with Gasteiger partial charge in [-0.05, 0) is 74.4 Å². The lowest BCUT2D eigenvalue weighted by molar-refractivity contribution is -0.141. The maximum atomic E-state index is 13.8. The molecule has 11 nitrogen and oxygen atoms in total. The van der Waals surface area contributed by atoms with Crippen LogP contribution in [0.1, 0.15) is 68.2 Å². The van der Waals surface area contributed by atoms with Crippen molar-refractivity contribution in [1.29, 1.82) is 0 Å². The number of rotatable bonds is 10. The largest absolute Gasteiger partial charge is 0.492 e. The summed E-state index contributed by atoms with van der Waals surface area (Å²) < 4.78 is 24.1. The molecule has 6 rings (SSSR count). The van der Waals surface area contributed by atoms with Gasteiger partial charge in [-0.1, -0.05) is 11.6 Å². The highest BCUT2D eigenvalue weighted by Gasteiger charge is 2.44. The number of carbonyl (C=O) groups is 2. The van der Waals surface area contributed by atoms with Gasteiger partial charge >= 0.3 is 5.97 Å². The van der Waals surface area contributed by atoms with Crippen LogP contribution in [0, 0.1) is 5.92 Å². The first-order valence-electron chi connectivity index (χ1n) is 16.0. The summed E-state index contributed by atoms with van der Waals surface area (Å²) in [6.07, 6.45) is 3.88. The molecule has 2 aromatic carbocycles. The molecule has 0 bridgehead atoms. The zero-order chi connectivity index (χ0) is 33.5. The molecule has 0 spiro atoms. The second kappa shape index (κ2) is 13.2. The predicted molar refractivity (Wildman–Crippen MR) is 172 cm³/mol. The number of nitrogens with one attached hydrogen (secondary N) is 1. The van der Waals surface area contributed by atoms with Crippen molar-refractivity contribution < 1.29 is 49.0 Å². The summed E-state index contributed by atoms with van der Waals surface area (Å²) in [5.74, 6) is -1.32. The van der Waals surface area contributed by atoms with Gasteiger partial charge in [-0.15, -0.1) is 0 Å². The molecule has 1 aromatic heterocycles. The molecule has 250 valence electrons. The van der Waals surface area contributed by atoms with E-state index in [-0.39, 0.29) is 62.1 Å². The monoisotopic (exact) mass is 647 g/mol. The van der Waals surface area contributed by atoms with Crippen LogP contribution < -0.4 is 14.2 Å². The molecule has 0 saturated heterocycles. The van der Waals surface area contributed by atoms with Crippen LogP contribution >= 0.6 is 0 Å². The molecule has 1 aliphatic carbocycles. The van der Waals surface area contributed by atoms with Gasteiger partial charge in [-0.2, -0.15) is 0 Å². The summed E-state index contributed by atoms with van der Waals surface area (Å²) in [5.41, 5.74) is 3.25. The summed E-state index contributed by atoms with van der Waals surface area (Å²) in [6.45, 7) is 4.24. The fraction of sp³-hybridized carbons (Fsp3) is 0.444. The summed E-state index contributed by atoms with van der Waals surface area (Å²) in [4.78, 5) is 30.1. The summed E-state index contributed by atoms with van der Waals surface area (Å²) in [6, 6.07) is 7.75. The van der Waals surface area contributed by atoms with Crippen molar-refractivity contribution in [3.8, 4) is 17.2 Å². The lowest BCUT2D eigenvalue weighted by Crippen LogP contribution is -2.39. The molecule has 3 atom stereocenters. The minimum atomic E-state index is -1.24. The van der Waals surface area contributed by atoms with Crippen molar-refractivity contribution in [2.24, 2.45) is 5.92 Å². The molecular formula is C36H41NO10.